The van der Waals surface area contributed by atoms with Gasteiger partial charge in [0.25, 0.3) is 0 Å². The van der Waals surface area contributed by atoms with Crippen LogP contribution in [0.4, 0.5) is 5.69 Å². The molecule has 1 aromatic rings. The molecule has 3 nitrogen and oxygen atoms in total. The average Bonchev–Trinajstić information content (AvgIpc) is 2.18. The number of rotatable bonds is 4. The first-order chi connectivity index (χ1) is 7.06. The number of nitrogens with zero attached hydrogens (tertiary/aromatic N) is 1. The van der Waals surface area contributed by atoms with Crippen molar-refractivity contribution < 1.29 is 9.90 Å². The molecule has 0 saturated carbocycles. The minimum absolute atomic E-state index is 0.548. The van der Waals surface area contributed by atoms with Gasteiger partial charge in [-0.05, 0) is 32.0 Å². The number of aliphatic carboxylic acids is 1. The van der Waals surface area contributed by atoms with E-state index in [1.54, 1.807) is 24.0 Å². The molecule has 0 spiro atoms. The molecule has 0 amide bonds. The van der Waals surface area contributed by atoms with Crippen molar-refractivity contribution in [3.63, 3.8) is 0 Å². The van der Waals surface area contributed by atoms with Gasteiger partial charge in [0.15, 0.2) is 0 Å². The zero-order chi connectivity index (χ0) is 11.4. The van der Waals surface area contributed by atoms with Crippen LogP contribution >= 0.6 is 11.6 Å². The third-order valence-corrected chi connectivity index (χ3v) is 2.54. The Kier molecular flexibility index (Phi) is 3.97. The number of hydrogen-bond acceptors (Lipinski definition) is 2. The summed E-state index contributed by atoms with van der Waals surface area (Å²) in [5.74, 6) is -0.836. The summed E-state index contributed by atoms with van der Waals surface area (Å²) in [6.07, 6.45) is 0. The summed E-state index contributed by atoms with van der Waals surface area (Å²) in [7, 11) is 0. The smallest absolute Gasteiger partial charge is 0.326 e. The molecule has 0 aliphatic carbocycles. The molecule has 15 heavy (non-hydrogen) atoms. The van der Waals surface area contributed by atoms with Crippen LogP contribution < -0.4 is 4.90 Å². The SMILES string of the molecule is CCN(c1cccc(Cl)c1)[C@H](C)C(=O)O. The molecule has 4 heteroatoms. The van der Waals surface area contributed by atoms with Crippen LogP contribution in [0, 0.1) is 0 Å². The van der Waals surface area contributed by atoms with Crippen molar-refractivity contribution in [3.05, 3.63) is 29.3 Å². The maximum Gasteiger partial charge on any atom is 0.326 e. The first kappa shape index (κ1) is 11.9. The van der Waals surface area contributed by atoms with Gasteiger partial charge in [0.1, 0.15) is 6.04 Å². The Morgan fingerprint density at radius 3 is 2.73 bits per heavy atom. The lowest BCUT2D eigenvalue weighted by molar-refractivity contribution is -0.138. The van der Waals surface area contributed by atoms with Crippen LogP contribution in [0.1, 0.15) is 13.8 Å². The van der Waals surface area contributed by atoms with Crippen molar-refractivity contribution in [2.45, 2.75) is 19.9 Å². The first-order valence-corrected chi connectivity index (χ1v) is 5.19. The lowest BCUT2D eigenvalue weighted by atomic mass is 10.2. The van der Waals surface area contributed by atoms with Gasteiger partial charge in [-0.3, -0.25) is 0 Å². The van der Waals surface area contributed by atoms with E-state index in [2.05, 4.69) is 0 Å². The minimum atomic E-state index is -0.836. The average molecular weight is 228 g/mol. The van der Waals surface area contributed by atoms with Crippen LogP contribution in [0.2, 0.25) is 5.02 Å². The highest BCUT2D eigenvalue weighted by Gasteiger charge is 2.19. The first-order valence-electron chi connectivity index (χ1n) is 4.81. The summed E-state index contributed by atoms with van der Waals surface area (Å²) in [6.45, 7) is 4.21. The molecule has 0 aliphatic rings. The number of halogens is 1. The van der Waals surface area contributed by atoms with E-state index in [1.807, 2.05) is 19.1 Å². The van der Waals surface area contributed by atoms with Crippen LogP contribution in [-0.4, -0.2) is 23.7 Å². The van der Waals surface area contributed by atoms with Gasteiger partial charge in [-0.2, -0.15) is 0 Å². The number of anilines is 1. The summed E-state index contributed by atoms with van der Waals surface area (Å²) < 4.78 is 0. The molecule has 0 bridgehead atoms. The van der Waals surface area contributed by atoms with Gasteiger partial charge in [-0.25, -0.2) is 4.79 Å². The molecule has 1 N–H and O–H groups in total. The summed E-state index contributed by atoms with van der Waals surface area (Å²) in [6, 6.07) is 6.66. The molecule has 0 unspecified atom stereocenters. The second kappa shape index (κ2) is 5.03. The molecule has 82 valence electrons. The van der Waals surface area contributed by atoms with Crippen molar-refractivity contribution in [1.82, 2.24) is 0 Å². The third kappa shape index (κ3) is 2.86. The van der Waals surface area contributed by atoms with Gasteiger partial charge in [0.05, 0.1) is 0 Å². The van der Waals surface area contributed by atoms with E-state index in [4.69, 9.17) is 16.7 Å². The van der Waals surface area contributed by atoms with E-state index in [1.165, 1.54) is 0 Å². The zero-order valence-electron chi connectivity index (χ0n) is 8.77. The maximum absolute atomic E-state index is 10.9. The standard InChI is InChI=1S/C11H14ClNO2/c1-3-13(8(2)11(14)15)10-6-4-5-9(12)7-10/h4-8H,3H2,1-2H3,(H,14,15)/t8-/m1/s1. The number of likely N-dealkylation sites (N-methyl/N-ethyl adjacent to an activating group) is 1. The summed E-state index contributed by atoms with van der Waals surface area (Å²) in [4.78, 5) is 12.7. The van der Waals surface area contributed by atoms with Gasteiger partial charge < -0.3 is 10.0 Å². The Labute approximate surface area is 94.3 Å². The molecule has 1 rings (SSSR count). The monoisotopic (exact) mass is 227 g/mol. The van der Waals surface area contributed by atoms with Crippen molar-refractivity contribution in [3.8, 4) is 0 Å². The van der Waals surface area contributed by atoms with Crippen LogP contribution in [0.5, 0.6) is 0 Å². The van der Waals surface area contributed by atoms with Gasteiger partial charge >= 0.3 is 5.97 Å². The molecule has 0 saturated heterocycles. The fourth-order valence-corrected chi connectivity index (χ4v) is 1.65. The fraction of sp³-hybridized carbons (Fsp3) is 0.364. The number of hydrogen-bond donors (Lipinski definition) is 1. The van der Waals surface area contributed by atoms with E-state index in [0.29, 0.717) is 11.6 Å². The normalized spacial score (nSPS) is 12.2. The van der Waals surface area contributed by atoms with E-state index in [-0.39, 0.29) is 0 Å². The molecule has 0 aromatic heterocycles. The fourth-order valence-electron chi connectivity index (χ4n) is 1.47. The summed E-state index contributed by atoms with van der Waals surface area (Å²) in [5, 5.41) is 9.55. The molecule has 1 atom stereocenters. The Morgan fingerprint density at radius 2 is 2.27 bits per heavy atom. The largest absolute Gasteiger partial charge is 0.480 e. The Morgan fingerprint density at radius 1 is 1.60 bits per heavy atom. The van der Waals surface area contributed by atoms with Crippen molar-refractivity contribution in [2.75, 3.05) is 11.4 Å². The number of carboxylic acids is 1. The molecule has 0 fully saturated rings. The van der Waals surface area contributed by atoms with Crippen LogP contribution in [-0.2, 0) is 4.79 Å². The number of carbonyl (C=O) groups is 1. The molecule has 0 radical (unpaired) electrons. The Balaban J connectivity index is 2.97. The van der Waals surface area contributed by atoms with Crippen LogP contribution in [0.25, 0.3) is 0 Å². The lowest BCUT2D eigenvalue weighted by Crippen LogP contribution is -2.38. The zero-order valence-corrected chi connectivity index (χ0v) is 9.53. The van der Waals surface area contributed by atoms with Crippen molar-refractivity contribution in [1.29, 1.82) is 0 Å². The van der Waals surface area contributed by atoms with Gasteiger partial charge in [-0.1, -0.05) is 17.7 Å². The van der Waals surface area contributed by atoms with Gasteiger partial charge in [0, 0.05) is 17.3 Å². The molecule has 1 aromatic carbocycles. The predicted octanol–water partition coefficient (Wildman–Crippen LogP) is 2.64. The Hall–Kier alpha value is -1.22. The van der Waals surface area contributed by atoms with Crippen molar-refractivity contribution in [2.24, 2.45) is 0 Å². The van der Waals surface area contributed by atoms with Crippen LogP contribution in [0.3, 0.4) is 0 Å². The van der Waals surface area contributed by atoms with Crippen LogP contribution in [0.15, 0.2) is 24.3 Å². The third-order valence-electron chi connectivity index (χ3n) is 2.31. The predicted molar refractivity (Wildman–Crippen MR) is 61.6 cm³/mol. The van der Waals surface area contributed by atoms with Crippen molar-refractivity contribution >= 4 is 23.3 Å². The van der Waals surface area contributed by atoms with Gasteiger partial charge in [0.2, 0.25) is 0 Å². The highest BCUT2D eigenvalue weighted by atomic mass is 35.5. The summed E-state index contributed by atoms with van der Waals surface area (Å²) >= 11 is 5.86. The quantitative estimate of drug-likeness (QED) is 0.860. The molecular weight excluding hydrogens is 214 g/mol. The van der Waals surface area contributed by atoms with Gasteiger partial charge in [-0.15, -0.1) is 0 Å². The molecule has 0 aliphatic heterocycles. The number of carboxylic acid groups (broad SMARTS) is 1. The topological polar surface area (TPSA) is 40.5 Å². The lowest BCUT2D eigenvalue weighted by Gasteiger charge is -2.27. The maximum atomic E-state index is 10.9. The summed E-state index contributed by atoms with van der Waals surface area (Å²) in [5.41, 5.74) is 0.833. The second-order valence-corrected chi connectivity index (χ2v) is 3.72. The highest BCUT2D eigenvalue weighted by molar-refractivity contribution is 6.30. The highest BCUT2D eigenvalue weighted by Crippen LogP contribution is 2.21. The molecular formula is C11H14ClNO2. The number of benzene rings is 1. The van der Waals surface area contributed by atoms with E-state index in [9.17, 15) is 4.79 Å². The minimum Gasteiger partial charge on any atom is -0.480 e. The van der Waals surface area contributed by atoms with E-state index in [0.717, 1.165) is 5.69 Å². The molecule has 0 heterocycles. The van der Waals surface area contributed by atoms with E-state index < -0.39 is 12.0 Å². The Bertz CT molecular complexity index is 354. The van der Waals surface area contributed by atoms with E-state index >= 15 is 0 Å². The second-order valence-electron chi connectivity index (χ2n) is 3.28.